The summed E-state index contributed by atoms with van der Waals surface area (Å²) in [5.74, 6) is 2.18. The topological polar surface area (TPSA) is 39.1 Å². The molecule has 0 aliphatic carbocycles. The fourth-order valence-corrected chi connectivity index (χ4v) is 14.3. The highest BCUT2D eigenvalue weighted by atomic mass is 16.5. The first-order valence-electron chi connectivity index (χ1n) is 32.6. The summed E-state index contributed by atoms with van der Waals surface area (Å²) in [4.78, 5) is 7.54. The summed E-state index contributed by atoms with van der Waals surface area (Å²) in [7, 11) is 0. The first kappa shape index (κ1) is 55.9. The van der Waals surface area contributed by atoms with Crippen molar-refractivity contribution in [2.24, 2.45) is 0 Å². The minimum absolute atomic E-state index is 0.685. The molecule has 4 heterocycles. The minimum Gasteiger partial charge on any atom is -0.458 e. The standard InChI is InChI=1S/C90H59N5O/c1-5-25-61(26-6-1)65-51-66(62-27-7-2-8-28-62)54-69(53-65)75-40-24-41-76(70-55-67(63-29-9-3-10-30-63)52-68(56-70)64-31-11-4-12-32-64)90(75)93-60-92(86-45-21-22-46-87(86)93)71-33-23-34-73(57-71)96-74-47-48-82-81-39-17-20-44-85(81)95(88(82)59-74)89-58-72(49-50-91-89)94-83-42-18-15-37-79(83)77-35-13-14-36-78(77)80-38-16-19-43-84(80)94/h1-59H. The molecule has 0 radical (unpaired) electrons. The zero-order valence-corrected chi connectivity index (χ0v) is 52.2. The monoisotopic (exact) mass is 1230 g/mol. The largest absolute Gasteiger partial charge is 0.458 e. The van der Waals surface area contributed by atoms with E-state index in [9.17, 15) is 0 Å². The molecule has 14 aromatic carbocycles. The summed E-state index contributed by atoms with van der Waals surface area (Å²) in [6, 6.07) is 126. The van der Waals surface area contributed by atoms with Gasteiger partial charge in [-0.3, -0.25) is 13.7 Å². The number of rotatable bonds is 12. The molecule has 0 atom stereocenters. The van der Waals surface area contributed by atoms with Gasteiger partial charge in [0, 0.05) is 40.2 Å². The third-order valence-corrected chi connectivity index (χ3v) is 18.7. The Kier molecular flexibility index (Phi) is 13.8. The van der Waals surface area contributed by atoms with E-state index in [1.165, 1.54) is 22.3 Å². The van der Waals surface area contributed by atoms with Crippen LogP contribution < -0.4 is 14.2 Å². The zero-order valence-electron chi connectivity index (χ0n) is 52.2. The predicted octanol–water partition coefficient (Wildman–Crippen LogP) is 23.1. The fourth-order valence-electron chi connectivity index (χ4n) is 14.3. The molecule has 0 saturated carbocycles. The van der Waals surface area contributed by atoms with Crippen molar-refractivity contribution in [3.05, 3.63) is 364 Å². The number of para-hydroxylation sites is 6. The lowest BCUT2D eigenvalue weighted by atomic mass is 9.89. The van der Waals surface area contributed by atoms with E-state index < -0.39 is 0 Å². The van der Waals surface area contributed by atoms with Gasteiger partial charge < -0.3 is 9.64 Å². The number of anilines is 3. The number of hydrogen-bond acceptors (Lipinski definition) is 3. The Labute approximate surface area is 557 Å². The van der Waals surface area contributed by atoms with Crippen molar-refractivity contribution >= 4 is 49.9 Å². The molecule has 0 spiro atoms. The molecule has 1 aliphatic rings. The summed E-state index contributed by atoms with van der Waals surface area (Å²) in [6.45, 7) is 0. The normalized spacial score (nSPS) is 11.7. The van der Waals surface area contributed by atoms with Crippen LogP contribution in [0.15, 0.2) is 358 Å². The number of benzene rings is 14. The smallest absolute Gasteiger partial charge is 0.269 e. The lowest BCUT2D eigenvalue weighted by molar-refractivity contribution is -0.571. The highest BCUT2D eigenvalue weighted by molar-refractivity contribution is 6.10. The molecule has 96 heavy (non-hydrogen) atoms. The molecule has 450 valence electrons. The van der Waals surface area contributed by atoms with Crippen LogP contribution in [-0.2, 0) is 0 Å². The van der Waals surface area contributed by atoms with Crippen LogP contribution in [0.4, 0.5) is 17.1 Å². The SMILES string of the molecule is [c-]1n(-c2cccc(Oc3ccc4c5ccccc5n(-c5cc(N6c7ccccc7-c7ccccc7-c7ccccc76)ccn5)c4c3)c2)c2ccccc2[n+]1-c1c(-c2cc(-c3ccccc3)cc(-c3ccccc3)c2)cccc1-c1cc(-c2ccccc2)cc(-c2ccccc2)c1. The van der Waals surface area contributed by atoms with E-state index in [0.29, 0.717) is 11.5 Å². The number of aromatic nitrogens is 4. The molecule has 0 bridgehead atoms. The van der Waals surface area contributed by atoms with Gasteiger partial charge in [0.05, 0.1) is 50.5 Å². The van der Waals surface area contributed by atoms with E-state index in [2.05, 4.69) is 371 Å². The van der Waals surface area contributed by atoms with Crippen molar-refractivity contribution in [1.82, 2.24) is 14.1 Å². The number of ether oxygens (including phenoxy) is 1. The highest BCUT2D eigenvalue weighted by Gasteiger charge is 2.28. The molecule has 3 aromatic heterocycles. The second-order valence-corrected chi connectivity index (χ2v) is 24.4. The average Bonchev–Trinajstić information content (AvgIpc) is 1.56. The molecule has 0 amide bonds. The second kappa shape index (κ2) is 23.7. The van der Waals surface area contributed by atoms with Crippen molar-refractivity contribution in [2.75, 3.05) is 4.90 Å². The predicted molar refractivity (Wildman–Crippen MR) is 394 cm³/mol. The van der Waals surface area contributed by atoms with Crippen LogP contribution in [0.1, 0.15) is 0 Å². The van der Waals surface area contributed by atoms with Crippen LogP contribution in [0, 0.1) is 6.33 Å². The molecule has 18 rings (SSSR count). The Morgan fingerprint density at radius 3 is 1.31 bits per heavy atom. The van der Waals surface area contributed by atoms with Gasteiger partial charge in [-0.1, -0.05) is 249 Å². The van der Waals surface area contributed by atoms with Crippen molar-refractivity contribution < 1.29 is 9.30 Å². The number of imidazole rings is 1. The lowest BCUT2D eigenvalue weighted by Crippen LogP contribution is -2.31. The van der Waals surface area contributed by atoms with Crippen molar-refractivity contribution in [1.29, 1.82) is 0 Å². The highest BCUT2D eigenvalue weighted by Crippen LogP contribution is 2.51. The molecule has 0 saturated heterocycles. The van der Waals surface area contributed by atoms with Crippen LogP contribution in [0.5, 0.6) is 11.5 Å². The van der Waals surface area contributed by atoms with Gasteiger partial charge in [0.15, 0.2) is 0 Å². The number of nitrogens with zero attached hydrogens (tertiary/aromatic N) is 5. The molecule has 0 unspecified atom stereocenters. The van der Waals surface area contributed by atoms with E-state index in [0.717, 1.165) is 134 Å². The van der Waals surface area contributed by atoms with Crippen molar-refractivity contribution in [2.45, 2.75) is 0 Å². The molecule has 6 heteroatoms. The molecule has 6 nitrogen and oxygen atoms in total. The third-order valence-electron chi connectivity index (χ3n) is 18.7. The maximum absolute atomic E-state index is 7.05. The van der Waals surface area contributed by atoms with Crippen LogP contribution >= 0.6 is 0 Å². The number of fused-ring (bicyclic) bond motifs is 9. The van der Waals surface area contributed by atoms with E-state index in [1.807, 2.05) is 12.3 Å². The Bertz CT molecular complexity index is 5490. The van der Waals surface area contributed by atoms with Crippen molar-refractivity contribution in [3.63, 3.8) is 0 Å². The lowest BCUT2D eigenvalue weighted by Gasteiger charge is -2.27. The van der Waals surface area contributed by atoms with Gasteiger partial charge in [0.1, 0.15) is 17.3 Å². The number of pyridine rings is 1. The van der Waals surface area contributed by atoms with Gasteiger partial charge in [-0.25, -0.2) is 4.98 Å². The minimum atomic E-state index is 0.685. The van der Waals surface area contributed by atoms with E-state index in [-0.39, 0.29) is 0 Å². The fraction of sp³-hybridized carbons (Fsp3) is 0. The molecular formula is C90H59N5O. The first-order chi connectivity index (χ1) is 47.6. The molecular weight excluding hydrogens is 1170 g/mol. The van der Waals surface area contributed by atoms with Crippen LogP contribution in [0.2, 0.25) is 0 Å². The van der Waals surface area contributed by atoms with Crippen LogP contribution in [0.25, 0.3) is 139 Å². The van der Waals surface area contributed by atoms with Crippen LogP contribution in [0.3, 0.4) is 0 Å². The Morgan fingerprint density at radius 2 is 0.740 bits per heavy atom. The molecule has 1 aliphatic heterocycles. The molecule has 17 aromatic rings. The first-order valence-corrected chi connectivity index (χ1v) is 32.6. The van der Waals surface area contributed by atoms with Crippen LogP contribution in [-0.4, -0.2) is 14.1 Å². The average molecular weight is 1230 g/mol. The number of hydrogen-bond donors (Lipinski definition) is 0. The Morgan fingerprint density at radius 1 is 0.292 bits per heavy atom. The maximum Gasteiger partial charge on any atom is 0.269 e. The maximum atomic E-state index is 7.05. The van der Waals surface area contributed by atoms with Gasteiger partial charge in [-0.05, 0) is 169 Å². The summed E-state index contributed by atoms with van der Waals surface area (Å²) < 4.78 is 13.8. The summed E-state index contributed by atoms with van der Waals surface area (Å²) in [6.07, 6.45) is 5.93. The summed E-state index contributed by atoms with van der Waals surface area (Å²) in [5.41, 5.74) is 27.3. The van der Waals surface area contributed by atoms with Gasteiger partial charge >= 0.3 is 0 Å². The third kappa shape index (κ3) is 9.91. The molecule has 0 fully saturated rings. The second-order valence-electron chi connectivity index (χ2n) is 24.4. The van der Waals surface area contributed by atoms with Gasteiger partial charge in [-0.15, -0.1) is 0 Å². The Balaban J connectivity index is 0.774. The van der Waals surface area contributed by atoms with E-state index in [4.69, 9.17) is 9.72 Å². The van der Waals surface area contributed by atoms with Gasteiger partial charge in [-0.2, -0.15) is 0 Å². The van der Waals surface area contributed by atoms with Gasteiger partial charge in [0.25, 0.3) is 6.33 Å². The van der Waals surface area contributed by atoms with E-state index in [1.54, 1.807) is 0 Å². The zero-order chi connectivity index (χ0) is 63.5. The summed E-state index contributed by atoms with van der Waals surface area (Å²) >= 11 is 0. The Hall–Kier alpha value is -12.9. The quantitative estimate of drug-likeness (QED) is 0.0904. The molecule has 0 N–H and O–H groups in total. The summed E-state index contributed by atoms with van der Waals surface area (Å²) in [5, 5.41) is 2.23. The van der Waals surface area contributed by atoms with Crippen molar-refractivity contribution in [3.8, 4) is 118 Å². The van der Waals surface area contributed by atoms with Gasteiger partial charge in [0.2, 0.25) is 0 Å². The van der Waals surface area contributed by atoms with E-state index >= 15 is 0 Å².